The van der Waals surface area contributed by atoms with Gasteiger partial charge < -0.3 is 39.4 Å². The van der Waals surface area contributed by atoms with E-state index in [0.717, 1.165) is 12.8 Å². The standard InChI is InChI=1S/C24H36O9/c1-12-4-7-24-11-31-21(30)15(24)8-14(9-17(24)23(12,3)6-5-13(2)26)32-22-20(29)19(28)18(27)16(10-25)33-22/h8,12,14,16-20,22,25,27-29H,4-7,9-11H2,1-3H3. The smallest absolute Gasteiger partial charge is 0.334 e. The molecule has 2 saturated heterocycles. The minimum absolute atomic E-state index is 0.00874. The highest BCUT2D eigenvalue weighted by atomic mass is 16.7. The fourth-order valence-electron chi connectivity index (χ4n) is 6.53. The Labute approximate surface area is 193 Å². The van der Waals surface area contributed by atoms with Crippen LogP contribution in [0.1, 0.15) is 52.9 Å². The monoisotopic (exact) mass is 468 g/mol. The van der Waals surface area contributed by atoms with E-state index in [9.17, 15) is 30.0 Å². The molecular weight excluding hydrogens is 432 g/mol. The van der Waals surface area contributed by atoms with Gasteiger partial charge in [-0.25, -0.2) is 4.79 Å². The molecular formula is C24H36O9. The van der Waals surface area contributed by atoms with Crippen molar-refractivity contribution < 1.29 is 44.2 Å². The first-order valence-corrected chi connectivity index (χ1v) is 11.9. The Morgan fingerprint density at radius 1 is 1.24 bits per heavy atom. The van der Waals surface area contributed by atoms with Crippen LogP contribution in [0.15, 0.2) is 11.6 Å². The molecule has 4 aliphatic rings. The van der Waals surface area contributed by atoms with Gasteiger partial charge in [0, 0.05) is 17.4 Å². The number of hydrogen-bond acceptors (Lipinski definition) is 9. The SMILES string of the molecule is CC(=O)CCC1(C)C(C)CCC23COC(=O)C2=CC(OC2OC(CO)C(O)C(O)C2O)CC31. The van der Waals surface area contributed by atoms with E-state index in [2.05, 4.69) is 13.8 Å². The molecule has 4 rings (SSSR count). The van der Waals surface area contributed by atoms with Gasteiger partial charge in [-0.05, 0) is 55.9 Å². The lowest BCUT2D eigenvalue weighted by molar-refractivity contribution is -0.310. The Balaban J connectivity index is 1.64. The first kappa shape index (κ1) is 24.8. The summed E-state index contributed by atoms with van der Waals surface area (Å²) in [6.45, 7) is 5.73. The molecule has 0 aromatic heterocycles. The van der Waals surface area contributed by atoms with Crippen molar-refractivity contribution in [2.75, 3.05) is 13.2 Å². The number of esters is 1. The van der Waals surface area contributed by atoms with Crippen LogP contribution >= 0.6 is 0 Å². The molecule has 2 heterocycles. The molecule has 1 saturated carbocycles. The molecule has 186 valence electrons. The largest absolute Gasteiger partial charge is 0.461 e. The molecule has 0 bridgehead atoms. The van der Waals surface area contributed by atoms with Crippen LogP contribution in [0.5, 0.6) is 0 Å². The van der Waals surface area contributed by atoms with E-state index in [-0.39, 0.29) is 23.1 Å². The fourth-order valence-corrected chi connectivity index (χ4v) is 6.53. The Morgan fingerprint density at radius 3 is 2.64 bits per heavy atom. The average molecular weight is 469 g/mol. The maximum atomic E-state index is 12.7. The summed E-state index contributed by atoms with van der Waals surface area (Å²) in [6, 6.07) is 0. The highest BCUT2D eigenvalue weighted by molar-refractivity contribution is 5.93. The molecule has 10 atom stereocenters. The highest BCUT2D eigenvalue weighted by Crippen LogP contribution is 2.64. The molecule has 4 N–H and O–H groups in total. The molecule has 0 amide bonds. The summed E-state index contributed by atoms with van der Waals surface area (Å²) in [5, 5.41) is 40.1. The second-order valence-corrected chi connectivity index (χ2v) is 10.6. The van der Waals surface area contributed by atoms with Gasteiger partial charge in [-0.1, -0.05) is 13.8 Å². The topological polar surface area (TPSA) is 143 Å². The predicted molar refractivity (Wildman–Crippen MR) is 115 cm³/mol. The normalized spacial score (nSPS) is 47.4. The maximum Gasteiger partial charge on any atom is 0.334 e. The number of aliphatic hydroxyl groups is 4. The van der Waals surface area contributed by atoms with E-state index in [1.807, 2.05) is 0 Å². The molecule has 9 heteroatoms. The van der Waals surface area contributed by atoms with Gasteiger partial charge in [-0.2, -0.15) is 0 Å². The maximum absolute atomic E-state index is 12.7. The number of carbonyl (C=O) groups is 2. The van der Waals surface area contributed by atoms with Gasteiger partial charge in [0.25, 0.3) is 0 Å². The second kappa shape index (κ2) is 9.02. The third-order valence-electron chi connectivity index (χ3n) is 8.82. The molecule has 1 spiro atoms. The molecule has 0 aromatic rings. The van der Waals surface area contributed by atoms with E-state index in [1.165, 1.54) is 0 Å². The third-order valence-corrected chi connectivity index (χ3v) is 8.82. The van der Waals surface area contributed by atoms with Crippen LogP contribution in [0.3, 0.4) is 0 Å². The van der Waals surface area contributed by atoms with Crippen molar-refractivity contribution in [3.63, 3.8) is 0 Å². The summed E-state index contributed by atoms with van der Waals surface area (Å²) in [5.41, 5.74) is -0.0759. The summed E-state index contributed by atoms with van der Waals surface area (Å²) in [7, 11) is 0. The van der Waals surface area contributed by atoms with Gasteiger partial charge >= 0.3 is 5.97 Å². The quantitative estimate of drug-likeness (QED) is 0.409. The van der Waals surface area contributed by atoms with E-state index >= 15 is 0 Å². The van der Waals surface area contributed by atoms with Gasteiger partial charge in [0.1, 0.15) is 36.8 Å². The molecule has 0 aromatic carbocycles. The molecule has 0 radical (unpaired) electrons. The first-order valence-electron chi connectivity index (χ1n) is 11.9. The average Bonchev–Trinajstić information content (AvgIpc) is 3.11. The van der Waals surface area contributed by atoms with E-state index in [0.29, 0.717) is 37.4 Å². The Hall–Kier alpha value is -1.36. The number of ether oxygens (including phenoxy) is 3. The highest BCUT2D eigenvalue weighted by Gasteiger charge is 2.62. The van der Waals surface area contributed by atoms with Crippen molar-refractivity contribution in [1.82, 2.24) is 0 Å². The number of Topliss-reactive ketones (excluding diaryl/α,β-unsaturated/α-hetero) is 1. The Bertz CT molecular complexity index is 810. The lowest BCUT2D eigenvalue weighted by Gasteiger charge is -2.57. The van der Waals surface area contributed by atoms with Gasteiger partial charge in [0.05, 0.1) is 12.7 Å². The van der Waals surface area contributed by atoms with Gasteiger partial charge in [0.2, 0.25) is 0 Å². The van der Waals surface area contributed by atoms with Crippen molar-refractivity contribution in [3.8, 4) is 0 Å². The summed E-state index contributed by atoms with van der Waals surface area (Å²) >= 11 is 0. The number of ketones is 1. The minimum Gasteiger partial charge on any atom is -0.461 e. The Kier molecular flexibility index (Phi) is 6.76. The second-order valence-electron chi connectivity index (χ2n) is 10.6. The van der Waals surface area contributed by atoms with Gasteiger partial charge in [0.15, 0.2) is 6.29 Å². The van der Waals surface area contributed by atoms with Crippen LogP contribution in [0, 0.1) is 22.7 Å². The minimum atomic E-state index is -1.54. The van der Waals surface area contributed by atoms with Crippen molar-refractivity contribution in [3.05, 3.63) is 11.6 Å². The van der Waals surface area contributed by atoms with Crippen LogP contribution in [0.25, 0.3) is 0 Å². The van der Waals surface area contributed by atoms with Crippen LogP contribution in [0.2, 0.25) is 0 Å². The molecule has 3 fully saturated rings. The lowest BCUT2D eigenvalue weighted by atomic mass is 9.46. The van der Waals surface area contributed by atoms with E-state index < -0.39 is 48.8 Å². The van der Waals surface area contributed by atoms with Crippen LogP contribution in [0.4, 0.5) is 0 Å². The lowest BCUT2D eigenvalue weighted by Crippen LogP contribution is -2.60. The number of hydrogen-bond donors (Lipinski definition) is 4. The molecule has 2 aliphatic heterocycles. The van der Waals surface area contributed by atoms with Gasteiger partial charge in [-0.15, -0.1) is 0 Å². The molecule has 9 nitrogen and oxygen atoms in total. The van der Waals surface area contributed by atoms with Crippen molar-refractivity contribution in [1.29, 1.82) is 0 Å². The summed E-state index contributed by atoms with van der Waals surface area (Å²) in [6.07, 6.45) is -2.30. The molecule has 10 unspecified atom stereocenters. The number of carbonyl (C=O) groups excluding carboxylic acids is 2. The molecule has 2 aliphatic carbocycles. The number of cyclic esters (lactones) is 1. The first-order chi connectivity index (χ1) is 15.5. The van der Waals surface area contributed by atoms with Gasteiger partial charge in [-0.3, -0.25) is 0 Å². The predicted octanol–water partition coefficient (Wildman–Crippen LogP) is 0.466. The van der Waals surface area contributed by atoms with E-state index in [1.54, 1.807) is 13.0 Å². The van der Waals surface area contributed by atoms with Crippen LogP contribution in [-0.2, 0) is 23.8 Å². The van der Waals surface area contributed by atoms with Crippen molar-refractivity contribution >= 4 is 11.8 Å². The fraction of sp³-hybridized carbons (Fsp3) is 0.833. The zero-order chi connectivity index (χ0) is 24.1. The Morgan fingerprint density at radius 2 is 1.97 bits per heavy atom. The van der Waals surface area contributed by atoms with E-state index in [4.69, 9.17) is 14.2 Å². The molecule has 33 heavy (non-hydrogen) atoms. The number of rotatable bonds is 6. The number of aliphatic hydroxyl groups excluding tert-OH is 4. The zero-order valence-electron chi connectivity index (χ0n) is 19.5. The summed E-state index contributed by atoms with van der Waals surface area (Å²) in [5.74, 6) is 0.0953. The summed E-state index contributed by atoms with van der Waals surface area (Å²) < 4.78 is 17.1. The summed E-state index contributed by atoms with van der Waals surface area (Å²) in [4.78, 5) is 24.6. The van der Waals surface area contributed by atoms with Crippen molar-refractivity contribution in [2.24, 2.45) is 22.7 Å². The van der Waals surface area contributed by atoms with Crippen molar-refractivity contribution in [2.45, 2.75) is 89.7 Å². The van der Waals surface area contributed by atoms with Crippen LogP contribution < -0.4 is 0 Å². The zero-order valence-corrected chi connectivity index (χ0v) is 19.5. The third kappa shape index (κ3) is 4.06. The van der Waals surface area contributed by atoms with Crippen LogP contribution in [-0.4, -0.2) is 82.2 Å².